The fourth-order valence-corrected chi connectivity index (χ4v) is 11.6. The van der Waals surface area contributed by atoms with Crippen molar-refractivity contribution in [1.29, 1.82) is 0 Å². The molecule has 2 aliphatic rings. The standard InChI is InChI=1S/C52H31N3S2/c1-3-15-33(16-4-1)49-53-50(34-17-5-2-6-18-34)55-51(54-49)35-29-27-32(28-30-35)38-31-42-46(47-37-20-8-12-24-43(37)57-48(38)47)36-19-7-9-21-39(36)52(42)40-22-10-13-25-44(40)56-45-26-14-11-23-41(45)52/h1-31H. The maximum Gasteiger partial charge on any atom is 0.164 e. The first-order chi connectivity index (χ1) is 28.3. The van der Waals surface area contributed by atoms with Crippen LogP contribution in [0.5, 0.6) is 0 Å². The van der Waals surface area contributed by atoms with Crippen LogP contribution in [0.25, 0.3) is 76.6 Å². The third kappa shape index (κ3) is 4.83. The first-order valence-electron chi connectivity index (χ1n) is 19.2. The first-order valence-corrected chi connectivity index (χ1v) is 20.8. The molecule has 0 saturated heterocycles. The summed E-state index contributed by atoms with van der Waals surface area (Å²) in [4.78, 5) is 17.6. The van der Waals surface area contributed by atoms with Crippen LogP contribution in [-0.2, 0) is 5.41 Å². The molecule has 0 fully saturated rings. The van der Waals surface area contributed by atoms with E-state index >= 15 is 0 Å². The Morgan fingerprint density at radius 1 is 0.386 bits per heavy atom. The highest BCUT2D eigenvalue weighted by atomic mass is 32.2. The van der Waals surface area contributed by atoms with Crippen molar-refractivity contribution in [2.75, 3.05) is 0 Å². The highest BCUT2D eigenvalue weighted by molar-refractivity contribution is 7.99. The molecule has 0 bridgehead atoms. The summed E-state index contributed by atoms with van der Waals surface area (Å²) in [5, 5.41) is 2.64. The molecule has 1 aliphatic heterocycles. The van der Waals surface area contributed by atoms with Gasteiger partial charge in [-0.15, -0.1) is 11.3 Å². The van der Waals surface area contributed by atoms with E-state index in [1.54, 1.807) is 0 Å². The van der Waals surface area contributed by atoms with Crippen LogP contribution in [0.15, 0.2) is 198 Å². The third-order valence-electron chi connectivity index (χ3n) is 11.6. The summed E-state index contributed by atoms with van der Waals surface area (Å²) >= 11 is 3.78. The Labute approximate surface area is 338 Å². The quantitative estimate of drug-likeness (QED) is 0.179. The minimum atomic E-state index is -0.469. The molecule has 8 aromatic carbocycles. The SMILES string of the molecule is c1ccc(-c2nc(-c3ccccc3)nc(-c3ccc(-c4cc5c(c6c4sc4ccccc46)-c4ccccc4C54c5ccccc5Sc5ccccc54)cc3)n2)cc1. The van der Waals surface area contributed by atoms with Crippen LogP contribution >= 0.6 is 23.1 Å². The minimum absolute atomic E-state index is 0.469. The second-order valence-electron chi connectivity index (χ2n) is 14.7. The molecule has 0 amide bonds. The van der Waals surface area contributed by atoms with Gasteiger partial charge in [0.15, 0.2) is 17.5 Å². The number of thiophene rings is 1. The van der Waals surface area contributed by atoms with Gasteiger partial charge in [0.2, 0.25) is 0 Å². The molecule has 0 saturated carbocycles. The van der Waals surface area contributed by atoms with E-state index in [4.69, 9.17) is 15.0 Å². The van der Waals surface area contributed by atoms with E-state index in [0.717, 1.165) is 22.3 Å². The molecule has 3 heterocycles. The number of rotatable bonds is 4. The van der Waals surface area contributed by atoms with E-state index < -0.39 is 5.41 Å². The van der Waals surface area contributed by atoms with Crippen LogP contribution in [0.1, 0.15) is 22.3 Å². The zero-order valence-electron chi connectivity index (χ0n) is 30.6. The number of aromatic nitrogens is 3. The average molecular weight is 762 g/mol. The van der Waals surface area contributed by atoms with Gasteiger partial charge in [-0.25, -0.2) is 15.0 Å². The summed E-state index contributed by atoms with van der Waals surface area (Å²) in [7, 11) is 0. The molecule has 5 heteroatoms. The Morgan fingerprint density at radius 2 is 0.877 bits per heavy atom. The van der Waals surface area contributed by atoms with Crippen LogP contribution in [0.3, 0.4) is 0 Å². The van der Waals surface area contributed by atoms with E-state index in [-0.39, 0.29) is 0 Å². The lowest BCUT2D eigenvalue weighted by atomic mass is 9.67. The van der Waals surface area contributed by atoms with Crippen molar-refractivity contribution >= 4 is 43.3 Å². The predicted octanol–water partition coefficient (Wildman–Crippen LogP) is 13.7. The van der Waals surface area contributed by atoms with Crippen molar-refractivity contribution in [3.63, 3.8) is 0 Å². The van der Waals surface area contributed by atoms with Gasteiger partial charge in [-0.05, 0) is 68.8 Å². The number of fused-ring (bicyclic) bond motifs is 13. The number of nitrogens with zero attached hydrogens (tertiary/aromatic N) is 3. The van der Waals surface area contributed by atoms with Gasteiger partial charge in [0.25, 0.3) is 0 Å². The van der Waals surface area contributed by atoms with Crippen molar-refractivity contribution in [3.05, 3.63) is 210 Å². The highest BCUT2D eigenvalue weighted by Gasteiger charge is 2.51. The van der Waals surface area contributed by atoms with Crippen molar-refractivity contribution in [2.24, 2.45) is 0 Å². The molecule has 0 N–H and O–H groups in total. The summed E-state index contributed by atoms with van der Waals surface area (Å²) < 4.78 is 2.60. The molecule has 0 radical (unpaired) electrons. The van der Waals surface area contributed by atoms with Crippen molar-refractivity contribution in [1.82, 2.24) is 15.0 Å². The van der Waals surface area contributed by atoms with Gasteiger partial charge in [0.1, 0.15) is 0 Å². The van der Waals surface area contributed by atoms with Gasteiger partial charge < -0.3 is 0 Å². The van der Waals surface area contributed by atoms with Gasteiger partial charge in [-0.1, -0.05) is 176 Å². The van der Waals surface area contributed by atoms with E-state index in [1.807, 2.05) is 83.8 Å². The highest BCUT2D eigenvalue weighted by Crippen LogP contribution is 2.64. The fourth-order valence-electron chi connectivity index (χ4n) is 9.17. The van der Waals surface area contributed by atoms with Gasteiger partial charge in [-0.2, -0.15) is 0 Å². The van der Waals surface area contributed by atoms with E-state index in [9.17, 15) is 0 Å². The molecule has 0 atom stereocenters. The van der Waals surface area contributed by atoms with Crippen molar-refractivity contribution in [3.8, 4) is 56.4 Å². The molecule has 3 nitrogen and oxygen atoms in total. The summed E-state index contributed by atoms with van der Waals surface area (Å²) in [6.45, 7) is 0. The molecule has 2 aromatic heterocycles. The second-order valence-corrected chi connectivity index (χ2v) is 16.8. The molecular weight excluding hydrogens is 731 g/mol. The minimum Gasteiger partial charge on any atom is -0.208 e. The molecular formula is C52H31N3S2. The van der Waals surface area contributed by atoms with Crippen LogP contribution in [0.2, 0.25) is 0 Å². The van der Waals surface area contributed by atoms with Crippen LogP contribution in [0.4, 0.5) is 0 Å². The van der Waals surface area contributed by atoms with E-state index in [2.05, 4.69) is 127 Å². The Balaban J connectivity index is 1.11. The molecule has 1 aliphatic carbocycles. The summed E-state index contributed by atoms with van der Waals surface area (Å²) in [5.74, 6) is 1.97. The lowest BCUT2D eigenvalue weighted by molar-refractivity contribution is 0.723. The van der Waals surface area contributed by atoms with Crippen LogP contribution in [-0.4, -0.2) is 15.0 Å². The van der Waals surface area contributed by atoms with Gasteiger partial charge in [0, 0.05) is 46.7 Å². The maximum atomic E-state index is 5.03. The normalized spacial score (nSPS) is 13.3. The molecule has 1 spiro atoms. The number of hydrogen-bond donors (Lipinski definition) is 0. The molecule has 0 unspecified atom stereocenters. The topological polar surface area (TPSA) is 38.7 Å². The average Bonchev–Trinajstić information content (AvgIpc) is 3.81. The predicted molar refractivity (Wildman–Crippen MR) is 236 cm³/mol. The zero-order chi connectivity index (χ0) is 37.5. The molecule has 12 rings (SSSR count). The summed E-state index contributed by atoms with van der Waals surface area (Å²) in [5.41, 5.74) is 12.8. The zero-order valence-corrected chi connectivity index (χ0v) is 32.2. The van der Waals surface area contributed by atoms with Crippen LogP contribution < -0.4 is 0 Å². The second kappa shape index (κ2) is 12.7. The van der Waals surface area contributed by atoms with Gasteiger partial charge in [-0.3, -0.25) is 0 Å². The Bertz CT molecular complexity index is 3100. The number of benzene rings is 8. The summed E-state index contributed by atoms with van der Waals surface area (Å²) in [6.07, 6.45) is 0. The largest absolute Gasteiger partial charge is 0.208 e. The third-order valence-corrected chi connectivity index (χ3v) is 14.0. The number of hydrogen-bond acceptors (Lipinski definition) is 5. The Kier molecular flexibility index (Phi) is 7.25. The van der Waals surface area contributed by atoms with Crippen molar-refractivity contribution < 1.29 is 0 Å². The monoisotopic (exact) mass is 761 g/mol. The smallest absolute Gasteiger partial charge is 0.164 e. The fraction of sp³-hybridized carbons (Fsp3) is 0.0192. The Hall–Kier alpha value is -6.66. The summed E-state index contributed by atoms with van der Waals surface area (Å²) in [6, 6.07) is 67.8. The first kappa shape index (κ1) is 32.6. The maximum absolute atomic E-state index is 5.03. The molecule has 57 heavy (non-hydrogen) atoms. The van der Waals surface area contributed by atoms with Crippen LogP contribution in [0, 0.1) is 0 Å². The van der Waals surface area contributed by atoms with Crippen molar-refractivity contribution in [2.45, 2.75) is 15.2 Å². The van der Waals surface area contributed by atoms with Gasteiger partial charge >= 0.3 is 0 Å². The lowest BCUT2D eigenvalue weighted by Crippen LogP contribution is -2.31. The van der Waals surface area contributed by atoms with E-state index in [0.29, 0.717) is 17.5 Å². The lowest BCUT2D eigenvalue weighted by Gasteiger charge is -2.39. The molecule has 266 valence electrons. The van der Waals surface area contributed by atoms with E-state index in [1.165, 1.54) is 68.9 Å². The van der Waals surface area contributed by atoms with Gasteiger partial charge in [0.05, 0.1) is 5.41 Å². The Morgan fingerprint density at radius 3 is 1.51 bits per heavy atom. The molecule has 10 aromatic rings.